The van der Waals surface area contributed by atoms with Crippen LogP contribution < -0.4 is 0 Å². The van der Waals surface area contributed by atoms with Crippen molar-refractivity contribution in [3.05, 3.63) is 0 Å². The smallest absolute Gasteiger partial charge is 0.115 e. The summed E-state index contributed by atoms with van der Waals surface area (Å²) < 4.78 is 19.1. The quantitative estimate of drug-likeness (QED) is 0.169. The normalized spacial score (nSPS) is 26.2. The SMILES string of the molecule is CCCCCCCCCCOC(CCC)(CCC)C1O[C@H](CO)[C@@H](OC(CC)CCC)[C@H](O)[C@H]1O. The Hall–Kier alpha value is -0.240. The topological polar surface area (TPSA) is 88.4 Å². The molecule has 2 unspecified atom stereocenters. The van der Waals surface area contributed by atoms with Crippen LogP contribution in [0, 0.1) is 0 Å². The monoisotopic (exact) mass is 502 g/mol. The van der Waals surface area contributed by atoms with Gasteiger partial charge in [0.1, 0.15) is 30.5 Å². The average molecular weight is 503 g/mol. The Labute approximate surface area is 216 Å². The molecule has 1 fully saturated rings. The summed E-state index contributed by atoms with van der Waals surface area (Å²) in [5.41, 5.74) is -0.684. The second kappa shape index (κ2) is 18.9. The van der Waals surface area contributed by atoms with E-state index in [0.29, 0.717) is 6.61 Å². The Morgan fingerprint density at radius 2 is 1.37 bits per heavy atom. The lowest BCUT2D eigenvalue weighted by Crippen LogP contribution is -2.66. The van der Waals surface area contributed by atoms with E-state index in [1.165, 1.54) is 38.5 Å². The molecule has 1 aliphatic rings. The second-order valence-electron chi connectivity index (χ2n) is 10.6. The van der Waals surface area contributed by atoms with Gasteiger partial charge < -0.3 is 29.5 Å². The first kappa shape index (κ1) is 32.8. The highest BCUT2D eigenvalue weighted by molar-refractivity contribution is 5.03. The molecule has 0 amide bonds. The fourth-order valence-corrected chi connectivity index (χ4v) is 5.60. The van der Waals surface area contributed by atoms with Crippen LogP contribution in [0.1, 0.15) is 131 Å². The molecule has 1 heterocycles. The van der Waals surface area contributed by atoms with Gasteiger partial charge in [-0.1, -0.05) is 98.8 Å². The van der Waals surface area contributed by atoms with Crippen molar-refractivity contribution in [2.45, 2.75) is 173 Å². The van der Waals surface area contributed by atoms with Crippen molar-refractivity contribution in [1.29, 1.82) is 0 Å². The predicted octanol–water partition coefficient (Wildman–Crippen LogP) is 5.93. The van der Waals surface area contributed by atoms with Gasteiger partial charge in [0.25, 0.3) is 0 Å². The molecule has 0 aromatic rings. The summed E-state index contributed by atoms with van der Waals surface area (Å²) in [6, 6.07) is 0. The van der Waals surface area contributed by atoms with Crippen molar-refractivity contribution >= 4 is 0 Å². The molecule has 0 aromatic carbocycles. The number of aliphatic hydroxyl groups is 3. The third-order valence-corrected chi connectivity index (χ3v) is 7.53. The van der Waals surface area contributed by atoms with Gasteiger partial charge in [-0.15, -0.1) is 0 Å². The summed E-state index contributed by atoms with van der Waals surface area (Å²) in [6.45, 7) is 11.0. The van der Waals surface area contributed by atoms with E-state index in [4.69, 9.17) is 14.2 Å². The highest BCUT2D eigenvalue weighted by Crippen LogP contribution is 2.38. The molecule has 1 rings (SSSR count). The fourth-order valence-electron chi connectivity index (χ4n) is 5.60. The standard InChI is InChI=1S/C29H58O6/c1-6-11-12-13-14-15-16-17-21-33-29(19-8-3,20-9-4)28-26(32)25(31)27(24(22-30)35-28)34-23(10-5)18-7-2/h23-28,30-32H,6-22H2,1-5H3/t23?,24-,25-,26-,27-,28?/m1/s1. The highest BCUT2D eigenvalue weighted by atomic mass is 16.6. The molecule has 0 aromatic heterocycles. The molecule has 0 radical (unpaired) electrons. The van der Waals surface area contributed by atoms with E-state index in [-0.39, 0.29) is 12.7 Å². The summed E-state index contributed by atoms with van der Waals surface area (Å²) in [6.07, 6.45) is 11.4. The van der Waals surface area contributed by atoms with Crippen molar-refractivity contribution in [1.82, 2.24) is 0 Å². The van der Waals surface area contributed by atoms with E-state index in [1.54, 1.807) is 0 Å². The van der Waals surface area contributed by atoms with Crippen molar-refractivity contribution in [2.24, 2.45) is 0 Å². The molecular weight excluding hydrogens is 444 g/mol. The van der Waals surface area contributed by atoms with E-state index < -0.39 is 36.1 Å². The van der Waals surface area contributed by atoms with E-state index in [1.807, 2.05) is 0 Å². The number of hydrogen-bond donors (Lipinski definition) is 3. The van der Waals surface area contributed by atoms with Crippen molar-refractivity contribution in [3.8, 4) is 0 Å². The Balaban J connectivity index is 2.85. The van der Waals surface area contributed by atoms with Gasteiger partial charge in [0.2, 0.25) is 0 Å². The van der Waals surface area contributed by atoms with Crippen LogP contribution in [0.15, 0.2) is 0 Å². The van der Waals surface area contributed by atoms with Gasteiger partial charge in [0, 0.05) is 6.61 Å². The van der Waals surface area contributed by atoms with Gasteiger partial charge in [-0.25, -0.2) is 0 Å². The molecule has 6 heteroatoms. The lowest BCUT2D eigenvalue weighted by Gasteiger charge is -2.50. The predicted molar refractivity (Wildman–Crippen MR) is 143 cm³/mol. The third-order valence-electron chi connectivity index (χ3n) is 7.53. The first-order valence-corrected chi connectivity index (χ1v) is 14.9. The molecule has 0 aliphatic carbocycles. The Morgan fingerprint density at radius 1 is 0.771 bits per heavy atom. The van der Waals surface area contributed by atoms with E-state index in [9.17, 15) is 15.3 Å². The highest BCUT2D eigenvalue weighted by Gasteiger charge is 2.53. The molecule has 3 N–H and O–H groups in total. The lowest BCUT2D eigenvalue weighted by molar-refractivity contribution is -0.294. The maximum absolute atomic E-state index is 11.3. The van der Waals surface area contributed by atoms with Gasteiger partial charge >= 0.3 is 0 Å². The molecule has 0 bridgehead atoms. The number of unbranched alkanes of at least 4 members (excludes halogenated alkanes) is 7. The largest absolute Gasteiger partial charge is 0.394 e. The molecule has 0 spiro atoms. The molecule has 35 heavy (non-hydrogen) atoms. The minimum absolute atomic E-state index is 0.0321. The molecular formula is C29H58O6. The Morgan fingerprint density at radius 3 is 1.89 bits per heavy atom. The summed E-state index contributed by atoms with van der Waals surface area (Å²) in [5, 5.41) is 32.5. The third kappa shape index (κ3) is 10.6. The zero-order chi connectivity index (χ0) is 26.1. The second-order valence-corrected chi connectivity index (χ2v) is 10.6. The molecule has 1 saturated heterocycles. The molecule has 1 aliphatic heterocycles. The number of ether oxygens (including phenoxy) is 3. The minimum atomic E-state index is -1.13. The maximum atomic E-state index is 11.3. The molecule has 210 valence electrons. The molecule has 0 saturated carbocycles. The van der Waals surface area contributed by atoms with Gasteiger partial charge in [-0.2, -0.15) is 0 Å². The number of aliphatic hydroxyl groups excluding tert-OH is 3. The lowest BCUT2D eigenvalue weighted by atomic mass is 9.79. The fraction of sp³-hybridized carbons (Fsp3) is 1.00. The zero-order valence-corrected chi connectivity index (χ0v) is 23.6. The van der Waals surface area contributed by atoms with Crippen LogP contribution in [0.2, 0.25) is 0 Å². The molecule has 6 atom stereocenters. The maximum Gasteiger partial charge on any atom is 0.115 e. The average Bonchev–Trinajstić information content (AvgIpc) is 2.85. The van der Waals surface area contributed by atoms with Gasteiger partial charge in [0.05, 0.1) is 18.3 Å². The van der Waals surface area contributed by atoms with Gasteiger partial charge in [-0.05, 0) is 32.1 Å². The zero-order valence-electron chi connectivity index (χ0n) is 23.6. The first-order chi connectivity index (χ1) is 16.9. The van der Waals surface area contributed by atoms with Crippen molar-refractivity contribution < 1.29 is 29.5 Å². The Kier molecular flexibility index (Phi) is 17.7. The first-order valence-electron chi connectivity index (χ1n) is 14.9. The molecule has 6 nitrogen and oxygen atoms in total. The number of rotatable bonds is 21. The van der Waals surface area contributed by atoms with Gasteiger partial charge in [0.15, 0.2) is 0 Å². The van der Waals surface area contributed by atoms with Crippen LogP contribution >= 0.6 is 0 Å². The van der Waals surface area contributed by atoms with E-state index in [2.05, 4.69) is 34.6 Å². The summed E-state index contributed by atoms with van der Waals surface area (Å²) >= 11 is 0. The summed E-state index contributed by atoms with van der Waals surface area (Å²) in [4.78, 5) is 0. The van der Waals surface area contributed by atoms with Crippen molar-refractivity contribution in [2.75, 3.05) is 13.2 Å². The van der Waals surface area contributed by atoms with Crippen LogP contribution in [-0.2, 0) is 14.2 Å². The van der Waals surface area contributed by atoms with Crippen LogP contribution in [-0.4, -0.2) is 70.8 Å². The number of hydrogen-bond acceptors (Lipinski definition) is 6. The van der Waals surface area contributed by atoms with Gasteiger partial charge in [-0.3, -0.25) is 0 Å². The van der Waals surface area contributed by atoms with Crippen LogP contribution in [0.25, 0.3) is 0 Å². The van der Waals surface area contributed by atoms with Crippen molar-refractivity contribution in [3.63, 3.8) is 0 Å². The Bertz CT molecular complexity index is 494. The van der Waals surface area contributed by atoms with E-state index in [0.717, 1.165) is 57.8 Å². The van der Waals surface area contributed by atoms with Crippen LogP contribution in [0.4, 0.5) is 0 Å². The van der Waals surface area contributed by atoms with E-state index >= 15 is 0 Å². The minimum Gasteiger partial charge on any atom is -0.394 e. The summed E-state index contributed by atoms with van der Waals surface area (Å²) in [5.74, 6) is 0. The summed E-state index contributed by atoms with van der Waals surface area (Å²) in [7, 11) is 0. The van der Waals surface area contributed by atoms with Crippen LogP contribution in [0.5, 0.6) is 0 Å². The van der Waals surface area contributed by atoms with Crippen LogP contribution in [0.3, 0.4) is 0 Å².